The molecule has 0 saturated carbocycles. The maximum absolute atomic E-state index is 4.76. The highest BCUT2D eigenvalue weighted by Crippen LogP contribution is 2.16. The SMILES string of the molecule is CCCNCc1cccc(CN(C)CC2CCCN2C)n1. The molecule has 1 aromatic rings. The largest absolute Gasteiger partial charge is 0.311 e. The van der Waals surface area contributed by atoms with E-state index in [0.717, 1.165) is 38.3 Å². The Labute approximate surface area is 129 Å². The van der Waals surface area contributed by atoms with Crippen LogP contribution in [0, 0.1) is 0 Å². The van der Waals surface area contributed by atoms with Gasteiger partial charge in [-0.05, 0) is 58.6 Å². The van der Waals surface area contributed by atoms with Crippen molar-refractivity contribution >= 4 is 0 Å². The predicted octanol–water partition coefficient (Wildman–Crippen LogP) is 2.11. The van der Waals surface area contributed by atoms with E-state index in [9.17, 15) is 0 Å². The fourth-order valence-corrected chi connectivity index (χ4v) is 3.02. The number of hydrogen-bond donors (Lipinski definition) is 1. The highest BCUT2D eigenvalue weighted by atomic mass is 15.2. The van der Waals surface area contributed by atoms with Gasteiger partial charge in [0.15, 0.2) is 0 Å². The Kier molecular flexibility index (Phi) is 6.61. The molecular weight excluding hydrogens is 260 g/mol. The van der Waals surface area contributed by atoms with E-state index >= 15 is 0 Å². The molecule has 0 amide bonds. The third kappa shape index (κ3) is 5.38. The molecule has 1 saturated heterocycles. The summed E-state index contributed by atoms with van der Waals surface area (Å²) in [4.78, 5) is 9.64. The standard InChI is InChI=1S/C17H30N4/c1-4-10-18-12-15-7-5-8-16(19-15)13-20(2)14-17-9-6-11-21(17)3/h5,7-8,17-18H,4,6,9-14H2,1-3H3. The summed E-state index contributed by atoms with van der Waals surface area (Å²) in [6.07, 6.45) is 3.83. The number of pyridine rings is 1. The van der Waals surface area contributed by atoms with Crippen LogP contribution in [0.15, 0.2) is 18.2 Å². The minimum Gasteiger partial charge on any atom is -0.311 e. The van der Waals surface area contributed by atoms with Crippen molar-refractivity contribution in [2.24, 2.45) is 0 Å². The van der Waals surface area contributed by atoms with Gasteiger partial charge in [-0.3, -0.25) is 9.88 Å². The molecule has 0 aliphatic carbocycles. The smallest absolute Gasteiger partial charge is 0.0547 e. The van der Waals surface area contributed by atoms with Crippen LogP contribution in [-0.2, 0) is 13.1 Å². The first kappa shape index (κ1) is 16.4. The first-order chi connectivity index (χ1) is 10.2. The Bertz CT molecular complexity index is 421. The highest BCUT2D eigenvalue weighted by Gasteiger charge is 2.22. The van der Waals surface area contributed by atoms with Crippen LogP contribution in [-0.4, -0.2) is 54.6 Å². The van der Waals surface area contributed by atoms with Gasteiger partial charge in [0.25, 0.3) is 0 Å². The lowest BCUT2D eigenvalue weighted by Gasteiger charge is -2.25. The van der Waals surface area contributed by atoms with Gasteiger partial charge in [-0.2, -0.15) is 0 Å². The van der Waals surface area contributed by atoms with Crippen molar-refractivity contribution in [3.63, 3.8) is 0 Å². The molecule has 0 aromatic carbocycles. The summed E-state index contributed by atoms with van der Waals surface area (Å²) in [5.74, 6) is 0. The number of likely N-dealkylation sites (tertiary alicyclic amines) is 1. The Balaban J connectivity index is 1.82. The van der Waals surface area contributed by atoms with E-state index in [1.54, 1.807) is 0 Å². The molecule has 0 spiro atoms. The molecule has 1 aliphatic rings. The van der Waals surface area contributed by atoms with E-state index in [0.29, 0.717) is 6.04 Å². The lowest BCUT2D eigenvalue weighted by atomic mass is 10.2. The Hall–Kier alpha value is -0.970. The second-order valence-electron chi connectivity index (χ2n) is 6.27. The third-order valence-corrected chi connectivity index (χ3v) is 4.22. The number of nitrogens with one attached hydrogen (secondary N) is 1. The number of rotatable bonds is 8. The van der Waals surface area contributed by atoms with E-state index in [1.807, 2.05) is 0 Å². The van der Waals surface area contributed by atoms with Gasteiger partial charge >= 0.3 is 0 Å². The van der Waals surface area contributed by atoms with Crippen LogP contribution in [0.25, 0.3) is 0 Å². The van der Waals surface area contributed by atoms with Gasteiger partial charge in [-0.25, -0.2) is 0 Å². The fourth-order valence-electron chi connectivity index (χ4n) is 3.02. The maximum Gasteiger partial charge on any atom is 0.0547 e. The molecule has 1 aliphatic heterocycles. The topological polar surface area (TPSA) is 31.4 Å². The Morgan fingerprint density at radius 2 is 2.19 bits per heavy atom. The van der Waals surface area contributed by atoms with Crippen LogP contribution in [0.2, 0.25) is 0 Å². The van der Waals surface area contributed by atoms with Gasteiger partial charge in [-0.15, -0.1) is 0 Å². The summed E-state index contributed by atoms with van der Waals surface area (Å²) in [5, 5.41) is 3.41. The van der Waals surface area contributed by atoms with Gasteiger partial charge < -0.3 is 10.2 Å². The maximum atomic E-state index is 4.76. The fraction of sp³-hybridized carbons (Fsp3) is 0.706. The second-order valence-corrected chi connectivity index (χ2v) is 6.27. The van der Waals surface area contributed by atoms with E-state index < -0.39 is 0 Å². The summed E-state index contributed by atoms with van der Waals surface area (Å²) >= 11 is 0. The lowest BCUT2D eigenvalue weighted by Crippen LogP contribution is -2.36. The zero-order valence-electron chi connectivity index (χ0n) is 13.8. The first-order valence-corrected chi connectivity index (χ1v) is 8.23. The molecule has 1 aromatic heterocycles. The predicted molar refractivity (Wildman–Crippen MR) is 88.2 cm³/mol. The van der Waals surface area contributed by atoms with Gasteiger partial charge in [0.1, 0.15) is 0 Å². The van der Waals surface area contributed by atoms with E-state index in [4.69, 9.17) is 4.98 Å². The molecule has 2 heterocycles. The number of aromatic nitrogens is 1. The van der Waals surface area contributed by atoms with E-state index in [-0.39, 0.29) is 0 Å². The zero-order valence-corrected chi connectivity index (χ0v) is 13.8. The zero-order chi connectivity index (χ0) is 15.1. The molecule has 1 fully saturated rings. The van der Waals surface area contributed by atoms with Gasteiger partial charge in [0, 0.05) is 25.7 Å². The minimum absolute atomic E-state index is 0.712. The van der Waals surface area contributed by atoms with Crippen LogP contribution < -0.4 is 5.32 Å². The summed E-state index contributed by atoms with van der Waals surface area (Å²) in [6, 6.07) is 7.08. The van der Waals surface area contributed by atoms with Gasteiger partial charge in [0.05, 0.1) is 11.4 Å². The third-order valence-electron chi connectivity index (χ3n) is 4.22. The number of likely N-dealkylation sites (N-methyl/N-ethyl adjacent to an activating group) is 2. The van der Waals surface area contributed by atoms with E-state index in [2.05, 4.69) is 54.3 Å². The summed E-state index contributed by atoms with van der Waals surface area (Å²) in [6.45, 7) is 7.43. The average molecular weight is 290 g/mol. The molecule has 0 radical (unpaired) electrons. The normalized spacial score (nSPS) is 19.5. The minimum atomic E-state index is 0.712. The molecule has 1 unspecified atom stereocenters. The van der Waals surface area contributed by atoms with Crippen LogP contribution >= 0.6 is 0 Å². The van der Waals surface area contributed by atoms with Crippen molar-refractivity contribution in [2.45, 2.75) is 45.3 Å². The second kappa shape index (κ2) is 8.47. The molecule has 2 rings (SSSR count). The lowest BCUT2D eigenvalue weighted by molar-refractivity contribution is 0.214. The van der Waals surface area contributed by atoms with Crippen molar-refractivity contribution in [1.29, 1.82) is 0 Å². The summed E-state index contributed by atoms with van der Waals surface area (Å²) < 4.78 is 0. The van der Waals surface area contributed by atoms with Gasteiger partial charge in [-0.1, -0.05) is 13.0 Å². The number of hydrogen-bond acceptors (Lipinski definition) is 4. The highest BCUT2D eigenvalue weighted by molar-refractivity contribution is 5.11. The molecular formula is C17H30N4. The van der Waals surface area contributed by atoms with Crippen LogP contribution in [0.1, 0.15) is 37.6 Å². The van der Waals surface area contributed by atoms with Crippen LogP contribution in [0.5, 0.6) is 0 Å². The van der Waals surface area contributed by atoms with Crippen molar-refractivity contribution in [3.05, 3.63) is 29.6 Å². The van der Waals surface area contributed by atoms with Crippen molar-refractivity contribution in [2.75, 3.05) is 33.7 Å². The Morgan fingerprint density at radius 1 is 1.38 bits per heavy atom. The summed E-state index contributed by atoms with van der Waals surface area (Å²) in [7, 11) is 4.44. The van der Waals surface area contributed by atoms with E-state index in [1.165, 1.54) is 25.1 Å². The van der Waals surface area contributed by atoms with Crippen LogP contribution in [0.3, 0.4) is 0 Å². The monoisotopic (exact) mass is 290 g/mol. The van der Waals surface area contributed by atoms with Crippen molar-refractivity contribution in [1.82, 2.24) is 20.1 Å². The molecule has 4 heteroatoms. The molecule has 118 valence electrons. The average Bonchev–Trinajstić information content (AvgIpc) is 2.85. The van der Waals surface area contributed by atoms with Crippen molar-refractivity contribution in [3.8, 4) is 0 Å². The molecule has 0 bridgehead atoms. The molecule has 4 nitrogen and oxygen atoms in total. The quantitative estimate of drug-likeness (QED) is 0.743. The summed E-state index contributed by atoms with van der Waals surface area (Å²) in [5.41, 5.74) is 2.32. The number of nitrogens with zero attached hydrogens (tertiary/aromatic N) is 3. The molecule has 1 N–H and O–H groups in total. The molecule has 21 heavy (non-hydrogen) atoms. The van der Waals surface area contributed by atoms with Crippen molar-refractivity contribution < 1.29 is 0 Å². The molecule has 1 atom stereocenters. The van der Waals surface area contributed by atoms with Gasteiger partial charge in [0.2, 0.25) is 0 Å². The van der Waals surface area contributed by atoms with Crippen LogP contribution in [0.4, 0.5) is 0 Å². The first-order valence-electron chi connectivity index (χ1n) is 8.23. The Morgan fingerprint density at radius 3 is 2.90 bits per heavy atom.